The van der Waals surface area contributed by atoms with Crippen LogP contribution in [0.5, 0.6) is 0 Å². The van der Waals surface area contributed by atoms with E-state index in [2.05, 4.69) is 21.2 Å². The monoisotopic (exact) mass is 639 g/mol. The van der Waals surface area contributed by atoms with Crippen molar-refractivity contribution < 1.29 is 18.0 Å². The van der Waals surface area contributed by atoms with Gasteiger partial charge in [0.25, 0.3) is 10.0 Å². The summed E-state index contributed by atoms with van der Waals surface area (Å²) in [6.45, 7) is 4.65. The second-order valence-electron chi connectivity index (χ2n) is 8.90. The zero-order valence-corrected chi connectivity index (χ0v) is 25.0. The molecule has 0 heterocycles. The normalized spacial score (nSPS) is 12.2. The number of halogens is 3. The van der Waals surface area contributed by atoms with E-state index in [4.69, 9.17) is 23.2 Å². The Hall–Kier alpha value is -2.59. The summed E-state index contributed by atoms with van der Waals surface area (Å²) >= 11 is 15.8. The van der Waals surface area contributed by atoms with Crippen LogP contribution in [-0.4, -0.2) is 43.8 Å². The maximum Gasteiger partial charge on any atom is 0.264 e. The molecule has 0 aliphatic heterocycles. The third-order valence-corrected chi connectivity index (χ3v) is 8.53. The van der Waals surface area contributed by atoms with Gasteiger partial charge in [-0.25, -0.2) is 8.42 Å². The fourth-order valence-electron chi connectivity index (χ4n) is 3.70. The van der Waals surface area contributed by atoms with Crippen molar-refractivity contribution in [3.8, 4) is 0 Å². The van der Waals surface area contributed by atoms with Gasteiger partial charge >= 0.3 is 0 Å². The summed E-state index contributed by atoms with van der Waals surface area (Å²) in [6.07, 6.45) is 0. The van der Waals surface area contributed by atoms with Crippen LogP contribution in [0.1, 0.15) is 26.3 Å². The van der Waals surface area contributed by atoms with Gasteiger partial charge in [0.2, 0.25) is 11.8 Å². The van der Waals surface area contributed by atoms with Crippen LogP contribution in [0.25, 0.3) is 0 Å². The standard InChI is InChI=1S/C27H28BrCl2N3O4S/c1-18(2)31-27(35)19(3)32(16-20-12-13-22(29)15-25(20)30)26(34)17-33(23-9-7-8-21(28)14-23)38(36,37)24-10-5-4-6-11-24/h4-15,18-19H,16-17H2,1-3H3,(H,31,35)/t19-/m1/s1. The van der Waals surface area contributed by atoms with E-state index in [1.807, 2.05) is 13.8 Å². The SMILES string of the molecule is CC(C)NC(=O)[C@@H](C)N(Cc1ccc(Cl)cc1Cl)C(=O)CN(c1cccc(Br)c1)S(=O)(=O)c1ccccc1. The predicted molar refractivity (Wildman–Crippen MR) is 155 cm³/mol. The zero-order chi connectivity index (χ0) is 28.0. The minimum absolute atomic E-state index is 0.0285. The van der Waals surface area contributed by atoms with Crippen molar-refractivity contribution in [2.45, 2.75) is 44.3 Å². The van der Waals surface area contributed by atoms with Crippen LogP contribution in [0.15, 0.2) is 82.2 Å². The molecular weight excluding hydrogens is 613 g/mol. The molecule has 0 saturated carbocycles. The van der Waals surface area contributed by atoms with E-state index in [9.17, 15) is 18.0 Å². The number of nitrogens with one attached hydrogen (secondary N) is 1. The second-order valence-corrected chi connectivity index (χ2v) is 12.5. The van der Waals surface area contributed by atoms with E-state index in [-0.39, 0.29) is 23.4 Å². The molecule has 0 bridgehead atoms. The molecule has 0 aromatic heterocycles. The van der Waals surface area contributed by atoms with E-state index >= 15 is 0 Å². The van der Waals surface area contributed by atoms with Gasteiger partial charge in [-0.1, -0.05) is 69.5 Å². The third kappa shape index (κ3) is 7.50. The Morgan fingerprint density at radius 1 is 0.947 bits per heavy atom. The topological polar surface area (TPSA) is 86.8 Å². The van der Waals surface area contributed by atoms with Crippen molar-refractivity contribution in [2.24, 2.45) is 0 Å². The highest BCUT2D eigenvalue weighted by Crippen LogP contribution is 2.28. The lowest BCUT2D eigenvalue weighted by molar-refractivity contribution is -0.139. The Labute approximate surface area is 241 Å². The summed E-state index contributed by atoms with van der Waals surface area (Å²) in [5.74, 6) is -0.958. The van der Waals surface area contributed by atoms with Crippen LogP contribution in [0, 0.1) is 0 Å². The molecule has 0 fully saturated rings. The first kappa shape index (κ1) is 30.0. The number of hydrogen-bond acceptors (Lipinski definition) is 4. The van der Waals surface area contributed by atoms with Gasteiger partial charge in [-0.2, -0.15) is 0 Å². The molecule has 7 nitrogen and oxygen atoms in total. The molecule has 2 amide bonds. The summed E-state index contributed by atoms with van der Waals surface area (Å²) in [6, 6.07) is 18.3. The number of nitrogens with zero attached hydrogens (tertiary/aromatic N) is 2. The van der Waals surface area contributed by atoms with Crippen molar-refractivity contribution in [1.29, 1.82) is 0 Å². The minimum Gasteiger partial charge on any atom is -0.352 e. The highest BCUT2D eigenvalue weighted by Gasteiger charge is 2.33. The summed E-state index contributed by atoms with van der Waals surface area (Å²) in [5.41, 5.74) is 0.855. The van der Waals surface area contributed by atoms with Gasteiger partial charge in [0, 0.05) is 27.1 Å². The van der Waals surface area contributed by atoms with Crippen LogP contribution >= 0.6 is 39.1 Å². The lowest BCUT2D eigenvalue weighted by Gasteiger charge is -2.32. The minimum atomic E-state index is -4.13. The summed E-state index contributed by atoms with van der Waals surface area (Å²) in [5, 5.41) is 3.57. The maximum absolute atomic E-state index is 13.9. The first-order valence-corrected chi connectivity index (χ1v) is 14.8. The average molecular weight is 641 g/mol. The first-order valence-electron chi connectivity index (χ1n) is 11.8. The Balaban J connectivity index is 2.04. The molecule has 202 valence electrons. The van der Waals surface area contributed by atoms with Crippen LogP contribution in [0.4, 0.5) is 5.69 Å². The largest absolute Gasteiger partial charge is 0.352 e. The molecule has 0 aliphatic rings. The van der Waals surface area contributed by atoms with Crippen LogP contribution in [0.2, 0.25) is 10.0 Å². The molecule has 0 radical (unpaired) electrons. The lowest BCUT2D eigenvalue weighted by atomic mass is 10.1. The number of sulfonamides is 1. The predicted octanol–water partition coefficient (Wildman–Crippen LogP) is 5.89. The van der Waals surface area contributed by atoms with Crippen LogP contribution in [-0.2, 0) is 26.2 Å². The van der Waals surface area contributed by atoms with Crippen LogP contribution < -0.4 is 9.62 Å². The number of anilines is 1. The zero-order valence-electron chi connectivity index (χ0n) is 21.1. The molecule has 0 aliphatic carbocycles. The van der Waals surface area contributed by atoms with Gasteiger partial charge < -0.3 is 10.2 Å². The molecule has 0 saturated heterocycles. The van der Waals surface area contributed by atoms with Crippen molar-refractivity contribution >= 4 is 66.7 Å². The fourth-order valence-corrected chi connectivity index (χ4v) is 5.98. The molecule has 3 rings (SSSR count). The van der Waals surface area contributed by atoms with Crippen molar-refractivity contribution in [1.82, 2.24) is 10.2 Å². The first-order chi connectivity index (χ1) is 17.9. The molecular formula is C27H28BrCl2N3O4S. The quantitative estimate of drug-likeness (QED) is 0.299. The molecule has 38 heavy (non-hydrogen) atoms. The van der Waals surface area contributed by atoms with Crippen molar-refractivity contribution in [3.63, 3.8) is 0 Å². The number of hydrogen-bond donors (Lipinski definition) is 1. The Morgan fingerprint density at radius 3 is 2.24 bits per heavy atom. The van der Waals surface area contributed by atoms with E-state index in [1.165, 1.54) is 17.0 Å². The molecule has 3 aromatic carbocycles. The van der Waals surface area contributed by atoms with Gasteiger partial charge in [-0.15, -0.1) is 0 Å². The number of carbonyl (C=O) groups is 2. The Kier molecular flexibility index (Phi) is 10.2. The summed E-state index contributed by atoms with van der Waals surface area (Å²) in [4.78, 5) is 28.2. The fraction of sp³-hybridized carbons (Fsp3) is 0.259. The number of benzene rings is 3. The molecule has 0 unspecified atom stereocenters. The molecule has 11 heteroatoms. The smallest absolute Gasteiger partial charge is 0.264 e. The van der Waals surface area contributed by atoms with E-state index in [1.54, 1.807) is 67.6 Å². The number of rotatable bonds is 10. The highest BCUT2D eigenvalue weighted by atomic mass is 79.9. The number of amides is 2. The van der Waals surface area contributed by atoms with Gasteiger partial charge in [0.1, 0.15) is 12.6 Å². The van der Waals surface area contributed by atoms with E-state index in [0.717, 1.165) is 4.31 Å². The Bertz CT molecular complexity index is 1400. The summed E-state index contributed by atoms with van der Waals surface area (Å²) < 4.78 is 29.1. The third-order valence-electron chi connectivity index (χ3n) is 5.66. The summed E-state index contributed by atoms with van der Waals surface area (Å²) in [7, 11) is -4.13. The lowest BCUT2D eigenvalue weighted by Crippen LogP contribution is -2.52. The van der Waals surface area contributed by atoms with Crippen molar-refractivity contribution in [3.05, 3.63) is 92.9 Å². The van der Waals surface area contributed by atoms with Gasteiger partial charge in [-0.3, -0.25) is 13.9 Å². The van der Waals surface area contributed by atoms with Gasteiger partial charge in [0.15, 0.2) is 0 Å². The maximum atomic E-state index is 13.9. The van der Waals surface area contributed by atoms with Gasteiger partial charge in [-0.05, 0) is 68.8 Å². The molecule has 1 N–H and O–H groups in total. The second kappa shape index (κ2) is 13.0. The molecule has 3 aromatic rings. The van der Waals surface area contributed by atoms with Crippen LogP contribution in [0.3, 0.4) is 0 Å². The molecule has 1 atom stereocenters. The average Bonchev–Trinajstić information content (AvgIpc) is 2.86. The van der Waals surface area contributed by atoms with Gasteiger partial charge in [0.05, 0.1) is 10.6 Å². The molecule has 0 spiro atoms. The highest BCUT2D eigenvalue weighted by molar-refractivity contribution is 9.10. The van der Waals surface area contributed by atoms with Crippen molar-refractivity contribution in [2.75, 3.05) is 10.8 Å². The Morgan fingerprint density at radius 2 is 1.63 bits per heavy atom. The van der Waals surface area contributed by atoms with E-state index < -0.39 is 28.5 Å². The number of carbonyl (C=O) groups excluding carboxylic acids is 2. The van der Waals surface area contributed by atoms with E-state index in [0.29, 0.717) is 25.8 Å².